The number of allylic oxidation sites excluding steroid dienone is 1. The highest BCUT2D eigenvalue weighted by Gasteiger charge is 2.43. The van der Waals surface area contributed by atoms with Crippen LogP contribution in [0.1, 0.15) is 18.2 Å². The van der Waals surface area contributed by atoms with Gasteiger partial charge < -0.3 is 4.57 Å². The molecule has 0 spiro atoms. The maximum atomic E-state index is 4.31. The highest BCUT2D eigenvalue weighted by molar-refractivity contribution is 7.31. The van der Waals surface area contributed by atoms with E-state index >= 15 is 0 Å². The number of rotatable bonds is 11. The molecular formula is C83H57NSSi. The number of aromatic nitrogens is 1. The van der Waals surface area contributed by atoms with Crippen molar-refractivity contribution in [2.45, 2.75) is 6.92 Å². The molecule has 1 nitrogen and oxygen atoms in total. The van der Waals surface area contributed by atoms with Crippen molar-refractivity contribution in [3.8, 4) is 50.2 Å². The second-order valence-corrected chi connectivity index (χ2v) is 27.4. The summed E-state index contributed by atoms with van der Waals surface area (Å²) in [5.41, 5.74) is 14.3. The Hall–Kier alpha value is -10.4. The first-order chi connectivity index (χ1) is 42.5. The summed E-state index contributed by atoms with van der Waals surface area (Å²) in [6.07, 6.45) is 6.37. The van der Waals surface area contributed by atoms with Crippen LogP contribution in [0.3, 0.4) is 0 Å². The monoisotopic (exact) mass is 1130 g/mol. The summed E-state index contributed by atoms with van der Waals surface area (Å²) in [5.74, 6) is 0. The third-order valence-electron chi connectivity index (χ3n) is 18.0. The summed E-state index contributed by atoms with van der Waals surface area (Å²) in [6, 6.07) is 112. The zero-order valence-corrected chi connectivity index (χ0v) is 49.4. The molecule has 16 rings (SSSR count). The topological polar surface area (TPSA) is 4.93 Å². The number of nitrogens with zero attached hydrogens (tertiary/aromatic N) is 1. The van der Waals surface area contributed by atoms with E-state index in [9.17, 15) is 0 Å². The standard InChI is InChI=1S/C83H57NSSi/c1-3-23-79-68(4-2)73-38-17-18-42-80(73)84(79)64-28-20-33-67(54-64)86(65-29-7-5-8-30-65,66-31-9-6-10-32-66)81-43-22-41-75-74-39-21-40-76(82(74)85-83(75)81)78-53-63(51-60-24-11-14-35-70(60)78)59-47-46-57-48-56(44-45-58(57)49-59)55-26-19-27-61(50-55)77-52-62-25-12-13-34-69(62)71-36-15-16-37-72(71)77/h3-54H,2H2,1H3/b23-3-. The second-order valence-electron chi connectivity index (χ2n) is 22.6. The predicted octanol–water partition coefficient (Wildman–Crippen LogP) is 20.3. The third kappa shape index (κ3) is 8.26. The van der Waals surface area contributed by atoms with Crippen LogP contribution < -0.4 is 20.7 Å². The SMILES string of the molecule is C=Cc1c(/C=C\C)n(-c2cccc([Si](c3ccccc3)(c3ccccc3)c3cccc4c3sc3c(-c5cc(-c6ccc7cc(-c8cccc(-c9cc%10ccccc%10c%10ccccc9%10)c8)ccc7c6)cc6ccccc56)cccc34)c2)c2ccccc12. The summed E-state index contributed by atoms with van der Waals surface area (Å²) < 4.78 is 5.06. The Morgan fingerprint density at radius 1 is 0.349 bits per heavy atom. The second kappa shape index (κ2) is 21.0. The van der Waals surface area contributed by atoms with Crippen LogP contribution in [0.5, 0.6) is 0 Å². The van der Waals surface area contributed by atoms with Gasteiger partial charge in [0, 0.05) is 42.4 Å². The lowest BCUT2D eigenvalue weighted by Gasteiger charge is -2.35. The van der Waals surface area contributed by atoms with E-state index in [1.54, 1.807) is 0 Å². The minimum Gasteiger partial charge on any atom is -0.309 e. The van der Waals surface area contributed by atoms with E-state index in [0.717, 1.165) is 22.5 Å². The van der Waals surface area contributed by atoms with E-state index in [2.05, 4.69) is 327 Å². The average molecular weight is 1130 g/mol. The molecular weight excluding hydrogens is 1070 g/mol. The van der Waals surface area contributed by atoms with Crippen LogP contribution >= 0.6 is 11.3 Å². The molecule has 0 bridgehead atoms. The van der Waals surface area contributed by atoms with E-state index in [1.165, 1.54) is 134 Å². The maximum absolute atomic E-state index is 4.31. The molecule has 2 heterocycles. The van der Waals surface area contributed by atoms with Crippen LogP contribution in [0.25, 0.3) is 137 Å². The lowest BCUT2D eigenvalue weighted by molar-refractivity contribution is 1.11. The molecule has 0 atom stereocenters. The fraction of sp³-hybridized carbons (Fsp3) is 0.0120. The molecule has 0 radical (unpaired) electrons. The molecule has 0 saturated heterocycles. The van der Waals surface area contributed by atoms with Gasteiger partial charge in [0.05, 0.1) is 11.2 Å². The molecule has 86 heavy (non-hydrogen) atoms. The normalized spacial score (nSPS) is 12.0. The average Bonchev–Trinajstić information content (AvgIpc) is 1.75. The zero-order valence-electron chi connectivity index (χ0n) is 47.6. The van der Waals surface area contributed by atoms with Crippen molar-refractivity contribution in [2.75, 3.05) is 0 Å². The van der Waals surface area contributed by atoms with E-state index < -0.39 is 8.07 Å². The first kappa shape index (κ1) is 51.2. The molecule has 0 amide bonds. The molecule has 14 aromatic carbocycles. The molecule has 0 unspecified atom stereocenters. The Balaban J connectivity index is 0.833. The largest absolute Gasteiger partial charge is 0.309 e. The molecule has 16 aromatic rings. The molecule has 3 heteroatoms. The third-order valence-corrected chi connectivity index (χ3v) is 24.2. The van der Waals surface area contributed by atoms with E-state index in [0.29, 0.717) is 0 Å². The molecule has 0 N–H and O–H groups in total. The lowest BCUT2D eigenvalue weighted by Crippen LogP contribution is -2.74. The van der Waals surface area contributed by atoms with Gasteiger partial charge in [0.15, 0.2) is 8.07 Å². The minimum atomic E-state index is -3.11. The molecule has 0 saturated carbocycles. The first-order valence-electron chi connectivity index (χ1n) is 29.7. The van der Waals surface area contributed by atoms with Gasteiger partial charge in [-0.05, 0) is 170 Å². The summed E-state index contributed by atoms with van der Waals surface area (Å²) >= 11 is 1.96. The first-order valence-corrected chi connectivity index (χ1v) is 32.5. The summed E-state index contributed by atoms with van der Waals surface area (Å²) in [4.78, 5) is 0. The van der Waals surface area contributed by atoms with Crippen LogP contribution in [-0.2, 0) is 0 Å². The smallest absolute Gasteiger partial charge is 0.181 e. The molecule has 2 aromatic heterocycles. The van der Waals surface area contributed by atoms with Gasteiger partial charge in [0.1, 0.15) is 0 Å². The number of para-hydroxylation sites is 1. The number of hydrogen-bond acceptors (Lipinski definition) is 1. The van der Waals surface area contributed by atoms with Crippen molar-refractivity contribution in [1.82, 2.24) is 4.57 Å². The van der Waals surface area contributed by atoms with Gasteiger partial charge in [-0.2, -0.15) is 0 Å². The van der Waals surface area contributed by atoms with Gasteiger partial charge in [-0.15, -0.1) is 11.3 Å². The van der Waals surface area contributed by atoms with Gasteiger partial charge in [-0.3, -0.25) is 0 Å². The van der Waals surface area contributed by atoms with Crippen LogP contribution in [0.2, 0.25) is 0 Å². The number of thiophene rings is 1. The van der Waals surface area contributed by atoms with Crippen LogP contribution in [-0.4, -0.2) is 12.6 Å². The lowest BCUT2D eigenvalue weighted by atomic mass is 9.90. The Labute approximate surface area is 506 Å². The molecule has 0 aliphatic rings. The van der Waals surface area contributed by atoms with Gasteiger partial charge in [-0.1, -0.05) is 261 Å². The molecule has 0 aliphatic carbocycles. The van der Waals surface area contributed by atoms with Crippen molar-refractivity contribution < 1.29 is 0 Å². The summed E-state index contributed by atoms with van der Waals surface area (Å²) in [6.45, 7) is 6.41. The minimum absolute atomic E-state index is 1.13. The summed E-state index contributed by atoms with van der Waals surface area (Å²) in [5, 5.41) is 19.2. The van der Waals surface area contributed by atoms with Crippen molar-refractivity contribution in [3.05, 3.63) is 321 Å². The number of fused-ring (bicyclic) bond motifs is 9. The predicted molar refractivity (Wildman–Crippen MR) is 376 cm³/mol. The quantitative estimate of drug-likeness (QED) is 0.0691. The van der Waals surface area contributed by atoms with Gasteiger partial charge in [-0.25, -0.2) is 0 Å². The fourth-order valence-electron chi connectivity index (χ4n) is 14.1. The van der Waals surface area contributed by atoms with Crippen molar-refractivity contribution in [3.63, 3.8) is 0 Å². The van der Waals surface area contributed by atoms with Crippen molar-refractivity contribution in [2.24, 2.45) is 0 Å². The molecule has 0 aliphatic heterocycles. The summed E-state index contributed by atoms with van der Waals surface area (Å²) in [7, 11) is -3.11. The van der Waals surface area contributed by atoms with Crippen LogP contribution in [0.4, 0.5) is 0 Å². The van der Waals surface area contributed by atoms with E-state index in [4.69, 9.17) is 0 Å². The van der Waals surface area contributed by atoms with Crippen LogP contribution in [0, 0.1) is 0 Å². The molecule has 404 valence electrons. The maximum Gasteiger partial charge on any atom is 0.181 e. The van der Waals surface area contributed by atoms with E-state index in [-0.39, 0.29) is 0 Å². The van der Waals surface area contributed by atoms with Crippen molar-refractivity contribution >= 4 is 126 Å². The highest BCUT2D eigenvalue weighted by Crippen LogP contribution is 2.45. The Morgan fingerprint density at radius 3 is 1.63 bits per heavy atom. The van der Waals surface area contributed by atoms with Crippen molar-refractivity contribution in [1.29, 1.82) is 0 Å². The van der Waals surface area contributed by atoms with E-state index in [1.807, 2.05) is 17.4 Å². The Morgan fingerprint density at radius 2 is 0.895 bits per heavy atom. The Bertz CT molecular complexity index is 5350. The zero-order chi connectivity index (χ0) is 57.3. The Kier molecular flexibility index (Phi) is 12.5. The number of benzene rings is 14. The van der Waals surface area contributed by atoms with Gasteiger partial charge >= 0.3 is 0 Å². The number of hydrogen-bond donors (Lipinski definition) is 0. The molecule has 0 fully saturated rings. The van der Waals surface area contributed by atoms with Gasteiger partial charge in [0.25, 0.3) is 0 Å². The van der Waals surface area contributed by atoms with Crippen LogP contribution in [0.15, 0.2) is 310 Å². The van der Waals surface area contributed by atoms with Gasteiger partial charge in [0.2, 0.25) is 0 Å². The highest BCUT2D eigenvalue weighted by atomic mass is 32.1. The fourth-order valence-corrected chi connectivity index (χ4v) is 20.8.